The first-order valence-corrected chi connectivity index (χ1v) is 6.73. The van der Waals surface area contributed by atoms with Crippen LogP contribution in [-0.2, 0) is 4.74 Å². The van der Waals surface area contributed by atoms with Gasteiger partial charge in [0, 0.05) is 0 Å². The highest BCUT2D eigenvalue weighted by atomic mass is 35.5. The fourth-order valence-corrected chi connectivity index (χ4v) is 1.99. The molecule has 0 aromatic carbocycles. The second kappa shape index (κ2) is 5.42. The Morgan fingerprint density at radius 2 is 1.71 bits per heavy atom. The van der Waals surface area contributed by atoms with E-state index in [9.17, 15) is 4.79 Å². The number of halogens is 2. The molecule has 1 heterocycles. The van der Waals surface area contributed by atoms with E-state index in [1.54, 1.807) is 27.0 Å². The Kier molecular flexibility index (Phi) is 4.63. The molecule has 7 heteroatoms. The van der Waals surface area contributed by atoms with Crippen LogP contribution < -0.4 is 0 Å². The highest BCUT2D eigenvalue weighted by Crippen LogP contribution is 2.26. The van der Waals surface area contributed by atoms with Crippen LogP contribution in [0, 0.1) is 0 Å². The molecule has 0 unspecified atom stereocenters. The lowest BCUT2D eigenvalue weighted by Gasteiger charge is -2.19. The smallest absolute Gasteiger partial charge is 0.344 e. The molecule has 0 amide bonds. The number of nitrogens with zero attached hydrogens (tertiary/aromatic N) is 2. The Labute approximate surface area is 114 Å². The second-order valence-corrected chi connectivity index (χ2v) is 5.66. The van der Waals surface area contributed by atoms with Gasteiger partial charge in [-0.25, -0.2) is 14.8 Å². The first-order valence-electron chi connectivity index (χ1n) is 4.75. The summed E-state index contributed by atoms with van der Waals surface area (Å²) in [6.07, 6.45) is 1.79. The molecule has 0 bridgehead atoms. The van der Waals surface area contributed by atoms with Gasteiger partial charge in [-0.15, -0.1) is 0 Å². The maximum atomic E-state index is 11.8. The standard InChI is InChI=1S/C10H12Cl2N2O2S/c1-10(2,3)16-8(15)5-6(11)13-9(17-4)14-7(5)12/h1-4H3. The molecule has 0 saturated heterocycles. The van der Waals surface area contributed by atoms with Crippen molar-refractivity contribution in [3.63, 3.8) is 0 Å². The third kappa shape index (κ3) is 4.01. The summed E-state index contributed by atoms with van der Waals surface area (Å²) in [6.45, 7) is 5.26. The molecular formula is C10H12Cl2N2O2S. The van der Waals surface area contributed by atoms with Crippen LogP contribution in [0.3, 0.4) is 0 Å². The van der Waals surface area contributed by atoms with Crippen LogP contribution in [0.4, 0.5) is 0 Å². The zero-order valence-corrected chi connectivity index (χ0v) is 12.2. The topological polar surface area (TPSA) is 52.1 Å². The van der Waals surface area contributed by atoms with E-state index in [0.29, 0.717) is 5.16 Å². The van der Waals surface area contributed by atoms with E-state index in [0.717, 1.165) is 0 Å². The zero-order chi connectivity index (χ0) is 13.2. The van der Waals surface area contributed by atoms with Crippen molar-refractivity contribution in [2.24, 2.45) is 0 Å². The minimum Gasteiger partial charge on any atom is -0.456 e. The van der Waals surface area contributed by atoms with Gasteiger partial charge >= 0.3 is 5.97 Å². The minimum atomic E-state index is -0.625. The Morgan fingerprint density at radius 1 is 1.24 bits per heavy atom. The molecule has 17 heavy (non-hydrogen) atoms. The molecule has 1 rings (SSSR count). The van der Waals surface area contributed by atoms with Gasteiger partial charge in [0.15, 0.2) is 5.16 Å². The molecule has 0 saturated carbocycles. The van der Waals surface area contributed by atoms with Gasteiger partial charge in [-0.2, -0.15) is 0 Å². The largest absolute Gasteiger partial charge is 0.456 e. The average molecular weight is 295 g/mol. The Bertz CT molecular complexity index is 423. The van der Waals surface area contributed by atoms with E-state index in [1.807, 2.05) is 0 Å². The van der Waals surface area contributed by atoms with Gasteiger partial charge in [-0.3, -0.25) is 0 Å². The zero-order valence-electron chi connectivity index (χ0n) is 9.88. The Hall–Kier alpha value is -0.520. The second-order valence-electron chi connectivity index (χ2n) is 4.17. The molecule has 0 N–H and O–H groups in total. The maximum Gasteiger partial charge on any atom is 0.344 e. The lowest BCUT2D eigenvalue weighted by Crippen LogP contribution is -2.24. The Morgan fingerprint density at radius 3 is 2.06 bits per heavy atom. The fourth-order valence-electron chi connectivity index (χ4n) is 0.979. The molecule has 1 aromatic heterocycles. The SMILES string of the molecule is CSc1nc(Cl)c(C(=O)OC(C)(C)C)c(Cl)n1. The lowest BCUT2D eigenvalue weighted by molar-refractivity contribution is 0.00689. The van der Waals surface area contributed by atoms with E-state index in [4.69, 9.17) is 27.9 Å². The van der Waals surface area contributed by atoms with Crippen LogP contribution in [-0.4, -0.2) is 27.8 Å². The van der Waals surface area contributed by atoms with Crippen LogP contribution in [0.1, 0.15) is 31.1 Å². The van der Waals surface area contributed by atoms with Gasteiger partial charge in [-0.05, 0) is 27.0 Å². The van der Waals surface area contributed by atoms with Crippen LogP contribution in [0.2, 0.25) is 10.3 Å². The molecule has 94 valence electrons. The van der Waals surface area contributed by atoms with Crippen LogP contribution in [0.15, 0.2) is 5.16 Å². The Balaban J connectivity index is 3.10. The third-order valence-corrected chi connectivity index (χ3v) is 2.68. The van der Waals surface area contributed by atoms with E-state index in [2.05, 4.69) is 9.97 Å². The van der Waals surface area contributed by atoms with Gasteiger partial charge in [0.1, 0.15) is 21.5 Å². The van der Waals surface area contributed by atoms with Gasteiger partial charge < -0.3 is 4.74 Å². The highest BCUT2D eigenvalue weighted by molar-refractivity contribution is 7.98. The summed E-state index contributed by atoms with van der Waals surface area (Å²) < 4.78 is 5.16. The van der Waals surface area contributed by atoms with Crippen molar-refractivity contribution in [3.05, 3.63) is 15.9 Å². The number of hydrogen-bond acceptors (Lipinski definition) is 5. The first-order chi connectivity index (χ1) is 7.74. The number of hydrogen-bond donors (Lipinski definition) is 0. The summed E-state index contributed by atoms with van der Waals surface area (Å²) in [5.74, 6) is -0.625. The van der Waals surface area contributed by atoms with E-state index >= 15 is 0 Å². The van der Waals surface area contributed by atoms with Crippen LogP contribution in [0.5, 0.6) is 0 Å². The van der Waals surface area contributed by atoms with Crippen LogP contribution >= 0.6 is 35.0 Å². The maximum absolute atomic E-state index is 11.8. The summed E-state index contributed by atoms with van der Waals surface area (Å²) in [5.41, 5.74) is -0.622. The number of thioether (sulfide) groups is 1. The third-order valence-electron chi connectivity index (χ3n) is 1.59. The lowest BCUT2D eigenvalue weighted by atomic mass is 10.2. The van der Waals surface area contributed by atoms with Gasteiger partial charge in [-0.1, -0.05) is 35.0 Å². The summed E-state index contributed by atoms with van der Waals surface area (Å²) in [7, 11) is 0. The van der Waals surface area contributed by atoms with Crippen molar-refractivity contribution >= 4 is 40.9 Å². The monoisotopic (exact) mass is 294 g/mol. The number of carbonyl (C=O) groups excluding carboxylic acids is 1. The molecule has 4 nitrogen and oxygen atoms in total. The van der Waals surface area contributed by atoms with Crippen LogP contribution in [0.25, 0.3) is 0 Å². The summed E-state index contributed by atoms with van der Waals surface area (Å²) in [5, 5.41) is 0.416. The predicted octanol–water partition coefficient (Wildman–Crippen LogP) is 3.46. The van der Waals surface area contributed by atoms with E-state index in [-0.39, 0.29) is 15.9 Å². The summed E-state index contributed by atoms with van der Waals surface area (Å²) >= 11 is 13.1. The molecule has 0 aliphatic carbocycles. The average Bonchev–Trinajstić information content (AvgIpc) is 2.13. The van der Waals surface area contributed by atoms with Gasteiger partial charge in [0.25, 0.3) is 0 Å². The van der Waals surface area contributed by atoms with Crippen molar-refractivity contribution in [1.82, 2.24) is 9.97 Å². The number of aromatic nitrogens is 2. The molecule has 1 aromatic rings. The van der Waals surface area contributed by atoms with Crippen molar-refractivity contribution in [1.29, 1.82) is 0 Å². The summed E-state index contributed by atoms with van der Waals surface area (Å²) in [6, 6.07) is 0. The van der Waals surface area contributed by atoms with Crippen molar-refractivity contribution in [2.45, 2.75) is 31.5 Å². The number of rotatable bonds is 2. The van der Waals surface area contributed by atoms with Crippen molar-refractivity contribution in [3.8, 4) is 0 Å². The first kappa shape index (κ1) is 14.5. The normalized spacial score (nSPS) is 11.4. The molecule has 0 fully saturated rings. The molecule has 0 aliphatic rings. The number of ether oxygens (including phenoxy) is 1. The van der Waals surface area contributed by atoms with E-state index in [1.165, 1.54) is 11.8 Å². The molecule has 0 radical (unpaired) electrons. The molecular weight excluding hydrogens is 283 g/mol. The van der Waals surface area contributed by atoms with Crippen molar-refractivity contribution < 1.29 is 9.53 Å². The van der Waals surface area contributed by atoms with E-state index < -0.39 is 11.6 Å². The van der Waals surface area contributed by atoms with Gasteiger partial charge in [0.2, 0.25) is 0 Å². The number of carbonyl (C=O) groups is 1. The summed E-state index contributed by atoms with van der Waals surface area (Å²) in [4.78, 5) is 19.7. The highest BCUT2D eigenvalue weighted by Gasteiger charge is 2.24. The predicted molar refractivity (Wildman–Crippen MR) is 69.0 cm³/mol. The van der Waals surface area contributed by atoms with Crippen molar-refractivity contribution in [2.75, 3.05) is 6.26 Å². The molecule has 0 atom stereocenters. The minimum absolute atomic E-state index is 0.000980. The quantitative estimate of drug-likeness (QED) is 0.362. The fraction of sp³-hybridized carbons (Fsp3) is 0.500. The number of esters is 1. The van der Waals surface area contributed by atoms with Gasteiger partial charge in [0.05, 0.1) is 0 Å². The molecule has 0 spiro atoms. The molecule has 0 aliphatic heterocycles.